The van der Waals surface area contributed by atoms with Crippen LogP contribution in [0.15, 0.2) is 24.5 Å². The van der Waals surface area contributed by atoms with Crippen molar-refractivity contribution >= 4 is 0 Å². The summed E-state index contributed by atoms with van der Waals surface area (Å²) in [6.07, 6.45) is 10.8. The molecular formula is C20H31N3O2. The number of hydrogen-bond acceptors (Lipinski definition) is 5. The minimum Gasteiger partial charge on any atom is -0.381 e. The van der Waals surface area contributed by atoms with E-state index in [9.17, 15) is 0 Å². The van der Waals surface area contributed by atoms with Crippen LogP contribution in [0.3, 0.4) is 0 Å². The number of ether oxygens (including phenoxy) is 2. The van der Waals surface area contributed by atoms with Gasteiger partial charge in [-0.05, 0) is 63.2 Å². The van der Waals surface area contributed by atoms with E-state index >= 15 is 0 Å². The molecule has 3 fully saturated rings. The number of nitrogens with one attached hydrogen (secondary N) is 1. The van der Waals surface area contributed by atoms with Gasteiger partial charge < -0.3 is 14.8 Å². The maximum atomic E-state index is 6.18. The van der Waals surface area contributed by atoms with Crippen LogP contribution in [0.1, 0.15) is 44.1 Å². The van der Waals surface area contributed by atoms with Crippen molar-refractivity contribution in [2.24, 2.45) is 0 Å². The first kappa shape index (κ1) is 17.4. The molecule has 1 N–H and O–H groups in total. The van der Waals surface area contributed by atoms with E-state index < -0.39 is 0 Å². The van der Waals surface area contributed by atoms with Crippen LogP contribution < -0.4 is 5.32 Å². The molecule has 0 saturated carbocycles. The number of aromatic nitrogens is 1. The highest BCUT2D eigenvalue weighted by Crippen LogP contribution is 2.34. The summed E-state index contributed by atoms with van der Waals surface area (Å²) in [4.78, 5) is 6.78. The van der Waals surface area contributed by atoms with Crippen LogP contribution in [0.2, 0.25) is 0 Å². The molecule has 4 rings (SSSR count). The minimum absolute atomic E-state index is 0.0924. The Balaban J connectivity index is 1.23. The molecule has 3 saturated heterocycles. The third-order valence-electron chi connectivity index (χ3n) is 6.08. The fourth-order valence-electron chi connectivity index (χ4n) is 4.60. The van der Waals surface area contributed by atoms with E-state index in [1.54, 1.807) is 0 Å². The van der Waals surface area contributed by atoms with E-state index in [1.165, 1.54) is 31.5 Å². The van der Waals surface area contributed by atoms with Crippen LogP contribution in [0.25, 0.3) is 0 Å². The van der Waals surface area contributed by atoms with Crippen molar-refractivity contribution in [1.82, 2.24) is 15.2 Å². The Kier molecular flexibility index (Phi) is 5.66. The number of piperidine rings is 1. The predicted molar refractivity (Wildman–Crippen MR) is 97.4 cm³/mol. The second-order valence-corrected chi connectivity index (χ2v) is 7.91. The van der Waals surface area contributed by atoms with E-state index in [-0.39, 0.29) is 5.60 Å². The number of hydrogen-bond donors (Lipinski definition) is 1. The monoisotopic (exact) mass is 345 g/mol. The van der Waals surface area contributed by atoms with Gasteiger partial charge in [0.05, 0.1) is 5.60 Å². The quantitative estimate of drug-likeness (QED) is 0.908. The summed E-state index contributed by atoms with van der Waals surface area (Å²) in [5.74, 6) is 0. The molecule has 1 spiro atoms. The van der Waals surface area contributed by atoms with Gasteiger partial charge in [0.25, 0.3) is 0 Å². The molecule has 0 unspecified atom stereocenters. The summed E-state index contributed by atoms with van der Waals surface area (Å²) in [5.41, 5.74) is 1.41. The molecular weight excluding hydrogens is 314 g/mol. The Morgan fingerprint density at radius 1 is 1.12 bits per heavy atom. The molecule has 0 aromatic carbocycles. The Bertz CT molecular complexity index is 519. The maximum absolute atomic E-state index is 6.18. The molecule has 0 aliphatic carbocycles. The molecule has 138 valence electrons. The van der Waals surface area contributed by atoms with Crippen molar-refractivity contribution in [3.63, 3.8) is 0 Å². The van der Waals surface area contributed by atoms with Crippen LogP contribution in [0.4, 0.5) is 0 Å². The summed E-state index contributed by atoms with van der Waals surface area (Å²) >= 11 is 0. The summed E-state index contributed by atoms with van der Waals surface area (Å²) in [5, 5.41) is 3.95. The molecule has 0 amide bonds. The lowest BCUT2D eigenvalue weighted by atomic mass is 9.83. The van der Waals surface area contributed by atoms with Gasteiger partial charge in [-0.15, -0.1) is 0 Å². The van der Waals surface area contributed by atoms with Gasteiger partial charge in [0.1, 0.15) is 0 Å². The third-order valence-corrected chi connectivity index (χ3v) is 6.08. The smallest absolute Gasteiger partial charge is 0.0741 e. The summed E-state index contributed by atoms with van der Waals surface area (Å²) in [6.45, 7) is 6.00. The van der Waals surface area contributed by atoms with Gasteiger partial charge >= 0.3 is 0 Å². The van der Waals surface area contributed by atoms with Gasteiger partial charge in [-0.2, -0.15) is 0 Å². The van der Waals surface area contributed by atoms with Gasteiger partial charge in [-0.3, -0.25) is 9.88 Å². The highest BCUT2D eigenvalue weighted by Gasteiger charge is 2.39. The van der Waals surface area contributed by atoms with E-state index in [0.717, 1.165) is 52.0 Å². The molecule has 3 aliphatic rings. The summed E-state index contributed by atoms with van der Waals surface area (Å²) < 4.78 is 11.7. The van der Waals surface area contributed by atoms with Crippen LogP contribution in [0.5, 0.6) is 0 Å². The van der Waals surface area contributed by atoms with Crippen molar-refractivity contribution < 1.29 is 9.47 Å². The highest BCUT2D eigenvalue weighted by atomic mass is 16.5. The molecule has 1 atom stereocenters. The lowest BCUT2D eigenvalue weighted by Crippen LogP contribution is -2.53. The van der Waals surface area contributed by atoms with E-state index in [2.05, 4.69) is 21.3 Å². The molecule has 0 radical (unpaired) electrons. The summed E-state index contributed by atoms with van der Waals surface area (Å²) in [6, 6.07) is 5.47. The normalized spacial score (nSPS) is 28.2. The fourth-order valence-corrected chi connectivity index (χ4v) is 4.60. The number of nitrogens with zero attached hydrogens (tertiary/aromatic N) is 2. The van der Waals surface area contributed by atoms with Gasteiger partial charge in [0.2, 0.25) is 0 Å². The van der Waals surface area contributed by atoms with E-state index in [0.29, 0.717) is 12.1 Å². The molecule has 25 heavy (non-hydrogen) atoms. The molecule has 5 heteroatoms. The lowest BCUT2D eigenvalue weighted by Gasteiger charge is -2.45. The lowest BCUT2D eigenvalue weighted by molar-refractivity contribution is -0.141. The molecule has 1 aromatic rings. The molecule has 5 nitrogen and oxygen atoms in total. The van der Waals surface area contributed by atoms with Crippen LogP contribution in [-0.4, -0.2) is 60.5 Å². The topological polar surface area (TPSA) is 46.6 Å². The number of likely N-dealkylation sites (tertiary alicyclic amines) is 1. The second-order valence-electron chi connectivity index (χ2n) is 7.91. The zero-order valence-corrected chi connectivity index (χ0v) is 15.2. The zero-order valence-electron chi connectivity index (χ0n) is 15.2. The maximum Gasteiger partial charge on any atom is 0.0741 e. The van der Waals surface area contributed by atoms with Gasteiger partial charge in [-0.25, -0.2) is 0 Å². The first-order valence-electron chi connectivity index (χ1n) is 9.90. The van der Waals surface area contributed by atoms with E-state index in [4.69, 9.17) is 9.47 Å². The van der Waals surface area contributed by atoms with Crippen molar-refractivity contribution in [2.75, 3.05) is 32.9 Å². The number of pyridine rings is 1. The standard InChI is InChI=1S/C20H31N3O2/c1-2-17(15-21-8-1)16-23-9-3-18(4-10-23)22-19-5-11-25-20(14-19)6-12-24-13-7-20/h1-2,8,15,18-19,22H,3-7,9-14,16H2/t19-/m0/s1. The second kappa shape index (κ2) is 8.12. The number of rotatable bonds is 4. The fraction of sp³-hybridized carbons (Fsp3) is 0.750. The van der Waals surface area contributed by atoms with Crippen LogP contribution in [0, 0.1) is 0 Å². The first-order valence-corrected chi connectivity index (χ1v) is 9.90. The predicted octanol–water partition coefficient (Wildman–Crippen LogP) is 2.36. The van der Waals surface area contributed by atoms with Crippen LogP contribution in [-0.2, 0) is 16.0 Å². The van der Waals surface area contributed by atoms with Crippen molar-refractivity contribution in [3.05, 3.63) is 30.1 Å². The zero-order chi connectivity index (χ0) is 17.0. The average Bonchev–Trinajstić information content (AvgIpc) is 2.65. The average molecular weight is 345 g/mol. The highest BCUT2D eigenvalue weighted by molar-refractivity contribution is 5.08. The Morgan fingerprint density at radius 3 is 2.72 bits per heavy atom. The Hall–Kier alpha value is -1.01. The Labute approximate surface area is 151 Å². The first-order chi connectivity index (χ1) is 12.3. The van der Waals surface area contributed by atoms with Crippen LogP contribution >= 0.6 is 0 Å². The minimum atomic E-state index is 0.0924. The third kappa shape index (κ3) is 4.59. The molecule has 1 aromatic heterocycles. The summed E-state index contributed by atoms with van der Waals surface area (Å²) in [7, 11) is 0. The molecule has 4 heterocycles. The van der Waals surface area contributed by atoms with Crippen molar-refractivity contribution in [1.29, 1.82) is 0 Å². The van der Waals surface area contributed by atoms with Crippen molar-refractivity contribution in [2.45, 2.75) is 62.8 Å². The largest absolute Gasteiger partial charge is 0.381 e. The Morgan fingerprint density at radius 2 is 1.96 bits per heavy atom. The van der Waals surface area contributed by atoms with Crippen molar-refractivity contribution in [3.8, 4) is 0 Å². The van der Waals surface area contributed by atoms with Gasteiger partial charge in [-0.1, -0.05) is 6.07 Å². The van der Waals surface area contributed by atoms with Gasteiger partial charge in [0, 0.05) is 50.8 Å². The van der Waals surface area contributed by atoms with Gasteiger partial charge in [0.15, 0.2) is 0 Å². The SMILES string of the molecule is c1cncc(CN2CCC(N[C@H]3CCOC4(CCOCC4)C3)CC2)c1. The molecule has 0 bridgehead atoms. The molecule has 3 aliphatic heterocycles. The van der Waals surface area contributed by atoms with E-state index in [1.807, 2.05) is 18.5 Å².